The van der Waals surface area contributed by atoms with Crippen LogP contribution in [-0.2, 0) is 9.53 Å². The average Bonchev–Trinajstić information content (AvgIpc) is 3.47. The van der Waals surface area contributed by atoms with Gasteiger partial charge in [-0.1, -0.05) is 12.1 Å². The Balaban J connectivity index is 1.23. The number of aromatic nitrogens is 4. The van der Waals surface area contributed by atoms with Crippen molar-refractivity contribution in [2.75, 3.05) is 44.8 Å². The third-order valence-corrected chi connectivity index (χ3v) is 6.11. The maximum atomic E-state index is 13.2. The molecular formula is C24H27N7O5. The molecule has 1 N–H and O–H groups in total. The molecule has 5 rings (SSSR count). The van der Waals surface area contributed by atoms with Gasteiger partial charge in [0.25, 0.3) is 0 Å². The highest BCUT2D eigenvalue weighted by Crippen LogP contribution is 2.31. The van der Waals surface area contributed by atoms with Gasteiger partial charge in [-0.2, -0.15) is 4.98 Å². The van der Waals surface area contributed by atoms with E-state index in [9.17, 15) is 9.59 Å². The van der Waals surface area contributed by atoms with Gasteiger partial charge in [0.05, 0.1) is 7.11 Å². The number of methoxy groups -OCH3 is 1. The minimum absolute atomic E-state index is 0.178. The largest absolute Gasteiger partial charge is 0.486 e. The lowest BCUT2D eigenvalue weighted by atomic mass is 10.1. The molecule has 36 heavy (non-hydrogen) atoms. The van der Waals surface area contributed by atoms with Gasteiger partial charge < -0.3 is 24.4 Å². The number of nitrogens with one attached hydrogen (secondary N) is 1. The number of para-hydroxylation sites is 2. The van der Waals surface area contributed by atoms with Gasteiger partial charge >= 0.3 is 6.09 Å². The van der Waals surface area contributed by atoms with Crippen LogP contribution < -0.4 is 19.7 Å². The number of ether oxygens (including phenoxy) is 3. The number of carbonyl (C=O) groups is 2. The number of nitrogens with zero attached hydrogens (tertiary/aromatic N) is 6. The highest BCUT2D eigenvalue weighted by Gasteiger charge is 2.36. The van der Waals surface area contributed by atoms with Crippen molar-refractivity contribution in [2.24, 2.45) is 0 Å². The van der Waals surface area contributed by atoms with Crippen molar-refractivity contribution in [2.45, 2.75) is 18.6 Å². The molecule has 1 saturated heterocycles. The maximum Gasteiger partial charge on any atom is 0.410 e. The molecule has 2 aliphatic rings. The third kappa shape index (κ3) is 5.02. The van der Waals surface area contributed by atoms with Gasteiger partial charge in [0.15, 0.2) is 11.5 Å². The molecule has 12 heteroatoms. The van der Waals surface area contributed by atoms with E-state index in [2.05, 4.69) is 20.3 Å². The third-order valence-electron chi connectivity index (χ3n) is 6.11. The fourth-order valence-electron chi connectivity index (χ4n) is 4.25. The summed E-state index contributed by atoms with van der Waals surface area (Å²) < 4.78 is 18.3. The smallest absolute Gasteiger partial charge is 0.410 e. The van der Waals surface area contributed by atoms with Crippen molar-refractivity contribution in [1.29, 1.82) is 0 Å². The monoisotopic (exact) mass is 493 g/mol. The van der Waals surface area contributed by atoms with Crippen molar-refractivity contribution in [3.05, 3.63) is 55.2 Å². The number of amides is 2. The average molecular weight is 494 g/mol. The van der Waals surface area contributed by atoms with Crippen LogP contribution in [0.2, 0.25) is 0 Å². The number of benzene rings is 1. The molecule has 2 aromatic heterocycles. The van der Waals surface area contributed by atoms with Crippen LogP contribution in [0.15, 0.2) is 55.2 Å². The number of anilines is 1. The summed E-state index contributed by atoms with van der Waals surface area (Å²) >= 11 is 0. The number of hydrogen-bond donors (Lipinski definition) is 1. The van der Waals surface area contributed by atoms with E-state index >= 15 is 0 Å². The van der Waals surface area contributed by atoms with E-state index in [4.69, 9.17) is 14.2 Å². The molecular weight excluding hydrogens is 466 g/mol. The van der Waals surface area contributed by atoms with Gasteiger partial charge in [0.1, 0.15) is 30.9 Å². The van der Waals surface area contributed by atoms with E-state index in [1.54, 1.807) is 35.6 Å². The van der Waals surface area contributed by atoms with Crippen molar-refractivity contribution >= 4 is 17.8 Å². The molecule has 0 spiro atoms. The first-order valence-electron chi connectivity index (χ1n) is 11.7. The molecule has 3 aromatic rings. The first-order chi connectivity index (χ1) is 17.6. The van der Waals surface area contributed by atoms with Crippen LogP contribution in [-0.4, -0.2) is 88.5 Å². The molecule has 2 unspecified atom stereocenters. The SMILES string of the molecule is COC(=O)N1CCN(c2ccnc(-n3ccnc3)n2)CC1C(=O)NCCC1COc2ccccc2O1. The summed E-state index contributed by atoms with van der Waals surface area (Å²) in [5.41, 5.74) is 0. The highest BCUT2D eigenvalue weighted by atomic mass is 16.6. The Morgan fingerprint density at radius 3 is 2.83 bits per heavy atom. The lowest BCUT2D eigenvalue weighted by molar-refractivity contribution is -0.126. The molecule has 12 nitrogen and oxygen atoms in total. The number of carbonyl (C=O) groups excluding carboxylic acids is 2. The summed E-state index contributed by atoms with van der Waals surface area (Å²) in [5, 5.41) is 2.94. The second-order valence-corrected chi connectivity index (χ2v) is 8.39. The van der Waals surface area contributed by atoms with E-state index in [1.807, 2.05) is 29.2 Å². The van der Waals surface area contributed by atoms with E-state index < -0.39 is 12.1 Å². The van der Waals surface area contributed by atoms with Crippen molar-refractivity contribution in [1.82, 2.24) is 29.7 Å². The maximum absolute atomic E-state index is 13.2. The van der Waals surface area contributed by atoms with Gasteiger partial charge in [0.2, 0.25) is 11.9 Å². The molecule has 0 bridgehead atoms. The van der Waals surface area contributed by atoms with Crippen LogP contribution in [0.3, 0.4) is 0 Å². The zero-order valence-corrected chi connectivity index (χ0v) is 19.8. The van der Waals surface area contributed by atoms with E-state index in [0.717, 1.165) is 5.75 Å². The van der Waals surface area contributed by atoms with E-state index in [1.165, 1.54) is 12.0 Å². The predicted molar refractivity (Wildman–Crippen MR) is 128 cm³/mol. The van der Waals surface area contributed by atoms with Crippen LogP contribution in [0.1, 0.15) is 6.42 Å². The van der Waals surface area contributed by atoms with Crippen molar-refractivity contribution in [3.63, 3.8) is 0 Å². The summed E-state index contributed by atoms with van der Waals surface area (Å²) in [6.45, 7) is 1.85. The van der Waals surface area contributed by atoms with Crippen LogP contribution in [0, 0.1) is 0 Å². The number of rotatable bonds is 6. The molecule has 0 radical (unpaired) electrons. The van der Waals surface area contributed by atoms with E-state index in [-0.39, 0.29) is 18.6 Å². The second kappa shape index (κ2) is 10.5. The van der Waals surface area contributed by atoms with Gasteiger partial charge in [-0.3, -0.25) is 14.3 Å². The summed E-state index contributed by atoms with van der Waals surface area (Å²) in [4.78, 5) is 41.9. The molecule has 1 fully saturated rings. The Hall–Kier alpha value is -4.35. The first-order valence-corrected chi connectivity index (χ1v) is 11.7. The Labute approximate surface area is 207 Å². The Bertz CT molecular complexity index is 1210. The summed E-state index contributed by atoms with van der Waals surface area (Å²) in [6, 6.07) is 8.53. The van der Waals surface area contributed by atoms with E-state index in [0.29, 0.717) is 50.2 Å². The lowest BCUT2D eigenvalue weighted by Gasteiger charge is -2.40. The van der Waals surface area contributed by atoms with Crippen LogP contribution in [0.25, 0.3) is 5.95 Å². The Morgan fingerprint density at radius 1 is 1.17 bits per heavy atom. The molecule has 188 valence electrons. The first kappa shape index (κ1) is 23.4. The second-order valence-electron chi connectivity index (χ2n) is 8.39. The number of fused-ring (bicyclic) bond motifs is 1. The normalized spacial score (nSPS) is 19.0. The summed E-state index contributed by atoms with van der Waals surface area (Å²) in [7, 11) is 1.31. The van der Waals surface area contributed by atoms with Crippen LogP contribution in [0.4, 0.5) is 10.6 Å². The van der Waals surface area contributed by atoms with Crippen LogP contribution in [0.5, 0.6) is 11.5 Å². The highest BCUT2D eigenvalue weighted by molar-refractivity contribution is 5.86. The zero-order chi connectivity index (χ0) is 24.9. The zero-order valence-electron chi connectivity index (χ0n) is 19.8. The fourth-order valence-corrected chi connectivity index (χ4v) is 4.25. The van der Waals surface area contributed by atoms with Crippen molar-refractivity contribution < 1.29 is 23.8 Å². The lowest BCUT2D eigenvalue weighted by Crippen LogP contribution is -2.61. The van der Waals surface area contributed by atoms with Crippen LogP contribution >= 0.6 is 0 Å². The van der Waals surface area contributed by atoms with Gasteiger partial charge in [0, 0.05) is 51.2 Å². The molecule has 2 amide bonds. The minimum atomic E-state index is -0.748. The summed E-state index contributed by atoms with van der Waals surface area (Å²) in [5.74, 6) is 2.26. The quantitative estimate of drug-likeness (QED) is 0.540. The van der Waals surface area contributed by atoms with Gasteiger partial charge in [-0.05, 0) is 18.2 Å². The molecule has 2 aliphatic heterocycles. The van der Waals surface area contributed by atoms with Crippen molar-refractivity contribution in [3.8, 4) is 17.4 Å². The standard InChI is InChI=1S/C24H27N7O5/c1-34-24(33)31-13-12-29(21-7-9-27-23(28-21)30-11-10-25-16-30)14-18(31)22(32)26-8-6-17-15-35-19-4-2-3-5-20(19)36-17/h2-5,7,9-11,16-18H,6,8,12-15H2,1H3,(H,26,32). The molecule has 0 aliphatic carbocycles. The Morgan fingerprint density at radius 2 is 2.03 bits per heavy atom. The molecule has 4 heterocycles. The summed E-state index contributed by atoms with van der Waals surface area (Å²) in [6.07, 6.45) is 6.52. The minimum Gasteiger partial charge on any atom is -0.486 e. The molecule has 1 aromatic carbocycles. The predicted octanol–water partition coefficient (Wildman–Crippen LogP) is 1.27. The van der Waals surface area contributed by atoms with Gasteiger partial charge in [-0.25, -0.2) is 14.8 Å². The number of imidazole rings is 1. The number of piperazine rings is 1. The molecule has 0 saturated carbocycles. The number of hydrogen-bond acceptors (Lipinski definition) is 9. The topological polar surface area (TPSA) is 124 Å². The fraction of sp³-hybridized carbons (Fsp3) is 0.375. The molecule has 2 atom stereocenters. The Kier molecular flexibility index (Phi) is 6.83. The van der Waals surface area contributed by atoms with Gasteiger partial charge in [-0.15, -0.1) is 0 Å².